The predicted molar refractivity (Wildman–Crippen MR) is 85.6 cm³/mol. The Kier molecular flexibility index (Phi) is 4.95. The van der Waals surface area contributed by atoms with Crippen molar-refractivity contribution in [1.29, 1.82) is 0 Å². The molecule has 1 heterocycles. The molecule has 0 spiro atoms. The molecule has 2 N–H and O–H groups in total. The monoisotopic (exact) mass is 347 g/mol. The van der Waals surface area contributed by atoms with E-state index in [1.54, 1.807) is 0 Å². The zero-order valence-electron chi connectivity index (χ0n) is 12.8. The van der Waals surface area contributed by atoms with Crippen LogP contribution in [0.5, 0.6) is 0 Å². The Hall–Kier alpha value is -2.93. The molecule has 0 amide bonds. The van der Waals surface area contributed by atoms with Gasteiger partial charge in [-0.1, -0.05) is 60.7 Å². The van der Waals surface area contributed by atoms with Crippen LogP contribution in [0.2, 0.25) is 0 Å². The van der Waals surface area contributed by atoms with Crippen LogP contribution in [0, 0.1) is 23.4 Å². The molecule has 0 bridgehead atoms. The first kappa shape index (κ1) is 16.9. The fourth-order valence-corrected chi connectivity index (χ4v) is 2.36. The van der Waals surface area contributed by atoms with Crippen molar-refractivity contribution in [3.8, 4) is 0 Å². The number of benzene rings is 2. The Labute approximate surface area is 141 Å². The largest absolute Gasteiger partial charge is 0.302 e. The molecule has 3 nitrogen and oxygen atoms in total. The molecule has 0 aliphatic rings. The van der Waals surface area contributed by atoms with E-state index in [1.807, 2.05) is 60.7 Å². The van der Waals surface area contributed by atoms with E-state index in [9.17, 15) is 17.6 Å². The summed E-state index contributed by atoms with van der Waals surface area (Å²) in [5.74, 6) is -7.97. The number of hydrogen-bond acceptors (Lipinski definition) is 3. The van der Waals surface area contributed by atoms with Gasteiger partial charge < -0.3 is 5.43 Å². The maximum atomic E-state index is 13.8. The highest BCUT2D eigenvalue weighted by Crippen LogP contribution is 2.23. The van der Waals surface area contributed by atoms with E-state index in [4.69, 9.17) is 0 Å². The number of nitrogens with one attached hydrogen (secondary N) is 2. The lowest BCUT2D eigenvalue weighted by Crippen LogP contribution is -2.29. The Morgan fingerprint density at radius 1 is 0.680 bits per heavy atom. The minimum Gasteiger partial charge on any atom is -0.302 e. The summed E-state index contributed by atoms with van der Waals surface area (Å²) in [5, 5.41) is 0. The summed E-state index contributed by atoms with van der Waals surface area (Å²) in [5.41, 5.74) is 6.76. The van der Waals surface area contributed by atoms with Crippen molar-refractivity contribution in [2.75, 3.05) is 5.43 Å². The van der Waals surface area contributed by atoms with Crippen molar-refractivity contribution in [1.82, 2.24) is 10.4 Å². The number of hydrazine groups is 1. The van der Waals surface area contributed by atoms with Gasteiger partial charge in [-0.2, -0.15) is 18.2 Å². The van der Waals surface area contributed by atoms with E-state index in [2.05, 4.69) is 15.8 Å². The lowest BCUT2D eigenvalue weighted by Gasteiger charge is -2.21. The summed E-state index contributed by atoms with van der Waals surface area (Å²) < 4.78 is 53.3. The summed E-state index contributed by atoms with van der Waals surface area (Å²) in [6.45, 7) is 0. The zero-order chi connectivity index (χ0) is 17.8. The Morgan fingerprint density at radius 3 is 1.72 bits per heavy atom. The minimum absolute atomic E-state index is 0.459. The average molecular weight is 347 g/mol. The third-order valence-electron chi connectivity index (χ3n) is 3.59. The molecule has 0 radical (unpaired) electrons. The highest BCUT2D eigenvalue weighted by molar-refractivity contribution is 5.38. The van der Waals surface area contributed by atoms with Crippen LogP contribution in [0.4, 0.5) is 23.4 Å². The zero-order valence-corrected chi connectivity index (χ0v) is 12.8. The van der Waals surface area contributed by atoms with Crippen molar-refractivity contribution in [3.05, 3.63) is 95.2 Å². The third-order valence-corrected chi connectivity index (χ3v) is 3.59. The standard InChI is InChI=1S/C18H13F4N3/c19-13-14(20)17(22)23-18(15(13)21)25-24-16(11-7-3-1-4-8-11)12-9-5-2-6-10-12/h1-10,16,24H,(H,23,25). The van der Waals surface area contributed by atoms with E-state index in [0.717, 1.165) is 11.1 Å². The van der Waals surface area contributed by atoms with Crippen molar-refractivity contribution in [2.45, 2.75) is 6.04 Å². The van der Waals surface area contributed by atoms with Crippen LogP contribution in [0.15, 0.2) is 60.7 Å². The van der Waals surface area contributed by atoms with Crippen LogP contribution < -0.4 is 10.9 Å². The van der Waals surface area contributed by atoms with E-state index in [0.29, 0.717) is 0 Å². The maximum Gasteiger partial charge on any atom is 0.254 e. The molecule has 7 heteroatoms. The molecule has 0 saturated heterocycles. The van der Waals surface area contributed by atoms with Gasteiger partial charge in [0.25, 0.3) is 5.95 Å². The third kappa shape index (κ3) is 3.61. The molecule has 1 aromatic heterocycles. The quantitative estimate of drug-likeness (QED) is 0.409. The van der Waals surface area contributed by atoms with Gasteiger partial charge in [0, 0.05) is 0 Å². The molecule has 128 valence electrons. The van der Waals surface area contributed by atoms with Crippen molar-refractivity contribution < 1.29 is 17.6 Å². The normalized spacial score (nSPS) is 10.9. The molecule has 3 rings (SSSR count). The number of rotatable bonds is 5. The predicted octanol–water partition coefficient (Wildman–Crippen LogP) is 4.34. The minimum atomic E-state index is -1.95. The molecule has 2 aromatic carbocycles. The number of hydrogen-bond donors (Lipinski definition) is 2. The van der Waals surface area contributed by atoms with Gasteiger partial charge >= 0.3 is 0 Å². The molecule has 0 fully saturated rings. The summed E-state index contributed by atoms with van der Waals surface area (Å²) in [6, 6.07) is 17.8. The second-order valence-electron chi connectivity index (χ2n) is 5.22. The average Bonchev–Trinajstić information content (AvgIpc) is 2.66. The van der Waals surface area contributed by atoms with Gasteiger partial charge in [-0.3, -0.25) is 0 Å². The molecule has 0 saturated carbocycles. The number of pyridine rings is 1. The first-order valence-corrected chi connectivity index (χ1v) is 7.39. The summed E-state index contributed by atoms with van der Waals surface area (Å²) >= 11 is 0. The van der Waals surface area contributed by atoms with Crippen LogP contribution in [0.3, 0.4) is 0 Å². The van der Waals surface area contributed by atoms with Gasteiger partial charge in [0.15, 0.2) is 5.82 Å². The highest BCUT2D eigenvalue weighted by Gasteiger charge is 2.21. The van der Waals surface area contributed by atoms with E-state index in [1.165, 1.54) is 0 Å². The second-order valence-corrected chi connectivity index (χ2v) is 5.22. The first-order valence-electron chi connectivity index (χ1n) is 7.39. The number of anilines is 1. The lowest BCUT2D eigenvalue weighted by atomic mass is 9.99. The summed E-state index contributed by atoms with van der Waals surface area (Å²) in [6.07, 6.45) is 0. The highest BCUT2D eigenvalue weighted by atomic mass is 19.2. The summed E-state index contributed by atoms with van der Waals surface area (Å²) in [7, 11) is 0. The van der Waals surface area contributed by atoms with Gasteiger partial charge in [0.05, 0.1) is 6.04 Å². The Bertz CT molecular complexity index is 818. The second kappa shape index (κ2) is 7.31. The molecular weight excluding hydrogens is 334 g/mol. The van der Waals surface area contributed by atoms with Gasteiger partial charge in [-0.05, 0) is 11.1 Å². The van der Waals surface area contributed by atoms with Crippen LogP contribution in [0.25, 0.3) is 0 Å². The molecular formula is C18H13F4N3. The molecule has 0 unspecified atom stereocenters. The molecule has 25 heavy (non-hydrogen) atoms. The molecule has 3 aromatic rings. The van der Waals surface area contributed by atoms with E-state index < -0.39 is 35.3 Å². The number of aromatic nitrogens is 1. The molecule has 0 aliphatic heterocycles. The van der Waals surface area contributed by atoms with Crippen LogP contribution in [0.1, 0.15) is 17.2 Å². The van der Waals surface area contributed by atoms with Crippen molar-refractivity contribution in [3.63, 3.8) is 0 Å². The number of nitrogens with zero attached hydrogens (tertiary/aromatic N) is 1. The van der Waals surface area contributed by atoms with Crippen molar-refractivity contribution in [2.24, 2.45) is 0 Å². The van der Waals surface area contributed by atoms with Crippen LogP contribution in [-0.4, -0.2) is 4.98 Å². The first-order chi connectivity index (χ1) is 12.1. The van der Waals surface area contributed by atoms with Gasteiger partial charge in [0.1, 0.15) is 0 Å². The molecule has 0 atom stereocenters. The fraction of sp³-hybridized carbons (Fsp3) is 0.0556. The topological polar surface area (TPSA) is 37.0 Å². The number of halogens is 4. The van der Waals surface area contributed by atoms with Gasteiger partial charge in [-0.15, -0.1) is 0 Å². The van der Waals surface area contributed by atoms with Gasteiger partial charge in [-0.25, -0.2) is 9.82 Å². The van der Waals surface area contributed by atoms with Crippen LogP contribution >= 0.6 is 0 Å². The Balaban J connectivity index is 1.90. The van der Waals surface area contributed by atoms with Crippen molar-refractivity contribution >= 4 is 5.82 Å². The van der Waals surface area contributed by atoms with Crippen LogP contribution in [-0.2, 0) is 0 Å². The maximum absolute atomic E-state index is 13.8. The lowest BCUT2D eigenvalue weighted by molar-refractivity contribution is 0.392. The summed E-state index contributed by atoms with van der Waals surface area (Å²) in [4.78, 5) is 3.06. The van der Waals surface area contributed by atoms with E-state index in [-0.39, 0.29) is 0 Å². The smallest absolute Gasteiger partial charge is 0.254 e. The SMILES string of the molecule is Fc1nc(NNC(c2ccccc2)c2ccccc2)c(F)c(F)c1F. The van der Waals surface area contributed by atoms with E-state index >= 15 is 0 Å². The fourth-order valence-electron chi connectivity index (χ4n) is 2.36. The van der Waals surface area contributed by atoms with Gasteiger partial charge in [0.2, 0.25) is 17.5 Å². The Morgan fingerprint density at radius 2 is 1.20 bits per heavy atom. The molecule has 0 aliphatic carbocycles.